The Bertz CT molecular complexity index is 309. The van der Waals surface area contributed by atoms with Crippen molar-refractivity contribution in [3.05, 3.63) is 0 Å². The van der Waals surface area contributed by atoms with E-state index >= 15 is 0 Å². The Morgan fingerprint density at radius 3 is 2.43 bits per heavy atom. The molecule has 0 aromatic rings. The van der Waals surface area contributed by atoms with Gasteiger partial charge in [-0.1, -0.05) is 47.5 Å². The van der Waals surface area contributed by atoms with E-state index in [1.54, 1.807) is 0 Å². The normalized spacial score (nSPS) is 38.4. The van der Waals surface area contributed by atoms with Gasteiger partial charge in [0.2, 0.25) is 0 Å². The zero-order valence-corrected chi connectivity index (χ0v) is 15.0. The maximum Gasteiger partial charge on any atom is 0.0734 e. The molecule has 2 rings (SSSR count). The van der Waals surface area contributed by atoms with Gasteiger partial charge in [0.1, 0.15) is 0 Å². The summed E-state index contributed by atoms with van der Waals surface area (Å²) in [6, 6.07) is 0.575. The van der Waals surface area contributed by atoms with E-state index in [1.165, 1.54) is 44.9 Å². The highest BCUT2D eigenvalue weighted by Crippen LogP contribution is 2.40. The van der Waals surface area contributed by atoms with Crippen molar-refractivity contribution in [2.45, 2.75) is 97.8 Å². The zero-order chi connectivity index (χ0) is 15.5. The maximum absolute atomic E-state index is 6.63. The third-order valence-electron chi connectivity index (χ3n) is 5.74. The van der Waals surface area contributed by atoms with Gasteiger partial charge in [0.05, 0.1) is 12.2 Å². The summed E-state index contributed by atoms with van der Waals surface area (Å²) in [6.07, 6.45) is 10.1. The SMILES string of the molecule is CCNC1CCC(C(C)(C)C)CC1OC1CCCC(C)C1. The van der Waals surface area contributed by atoms with Gasteiger partial charge in [0.15, 0.2) is 0 Å². The number of hydrogen-bond donors (Lipinski definition) is 1. The van der Waals surface area contributed by atoms with Crippen molar-refractivity contribution < 1.29 is 4.74 Å². The molecule has 124 valence electrons. The summed E-state index contributed by atoms with van der Waals surface area (Å²) in [5, 5.41) is 3.68. The molecule has 0 saturated heterocycles. The quantitative estimate of drug-likeness (QED) is 0.806. The van der Waals surface area contributed by atoms with Crippen LogP contribution in [0.15, 0.2) is 0 Å². The van der Waals surface area contributed by atoms with Crippen LogP contribution in [-0.2, 0) is 4.74 Å². The van der Waals surface area contributed by atoms with E-state index in [4.69, 9.17) is 4.74 Å². The van der Waals surface area contributed by atoms with Gasteiger partial charge in [0, 0.05) is 6.04 Å². The molecule has 2 aliphatic carbocycles. The highest BCUT2D eigenvalue weighted by Gasteiger charge is 2.37. The molecule has 0 radical (unpaired) electrons. The molecule has 2 fully saturated rings. The lowest BCUT2D eigenvalue weighted by Gasteiger charge is -2.43. The first-order chi connectivity index (χ1) is 9.90. The van der Waals surface area contributed by atoms with Crippen LogP contribution in [-0.4, -0.2) is 24.8 Å². The average molecular weight is 296 g/mol. The van der Waals surface area contributed by atoms with Gasteiger partial charge in [-0.05, 0) is 55.9 Å². The molecule has 5 atom stereocenters. The van der Waals surface area contributed by atoms with Gasteiger partial charge in [-0.3, -0.25) is 0 Å². The summed E-state index contributed by atoms with van der Waals surface area (Å²) in [6.45, 7) is 12.8. The van der Waals surface area contributed by atoms with Crippen LogP contribution < -0.4 is 5.32 Å². The highest BCUT2D eigenvalue weighted by atomic mass is 16.5. The first-order valence-electron chi connectivity index (χ1n) is 9.29. The fourth-order valence-corrected chi connectivity index (χ4v) is 4.31. The third-order valence-corrected chi connectivity index (χ3v) is 5.74. The molecule has 1 N–H and O–H groups in total. The van der Waals surface area contributed by atoms with Crippen LogP contribution in [0, 0.1) is 17.3 Å². The number of likely N-dealkylation sites (N-methyl/N-ethyl adjacent to an activating group) is 1. The first kappa shape index (κ1) is 17.3. The van der Waals surface area contributed by atoms with E-state index < -0.39 is 0 Å². The summed E-state index contributed by atoms with van der Waals surface area (Å²) >= 11 is 0. The van der Waals surface area contributed by atoms with E-state index in [-0.39, 0.29) is 0 Å². The molecular weight excluding hydrogens is 258 g/mol. The van der Waals surface area contributed by atoms with Crippen molar-refractivity contribution in [3.63, 3.8) is 0 Å². The van der Waals surface area contributed by atoms with Crippen molar-refractivity contribution in [1.82, 2.24) is 5.32 Å². The van der Waals surface area contributed by atoms with Gasteiger partial charge >= 0.3 is 0 Å². The Morgan fingerprint density at radius 1 is 1.05 bits per heavy atom. The van der Waals surface area contributed by atoms with Crippen molar-refractivity contribution in [3.8, 4) is 0 Å². The van der Waals surface area contributed by atoms with E-state index in [0.717, 1.165) is 18.4 Å². The van der Waals surface area contributed by atoms with E-state index in [0.29, 0.717) is 23.7 Å². The van der Waals surface area contributed by atoms with Crippen LogP contribution in [0.25, 0.3) is 0 Å². The minimum absolute atomic E-state index is 0.415. The lowest BCUT2D eigenvalue weighted by atomic mass is 9.70. The molecule has 21 heavy (non-hydrogen) atoms. The number of rotatable bonds is 4. The second-order valence-electron chi connectivity index (χ2n) is 8.61. The van der Waals surface area contributed by atoms with E-state index in [2.05, 4.69) is 39.9 Å². The number of hydrogen-bond acceptors (Lipinski definition) is 2. The molecular formula is C19H37NO. The number of nitrogens with one attached hydrogen (secondary N) is 1. The Balaban J connectivity index is 1.96. The number of ether oxygens (including phenoxy) is 1. The third kappa shape index (κ3) is 4.96. The summed E-state index contributed by atoms with van der Waals surface area (Å²) < 4.78 is 6.63. The molecule has 0 bridgehead atoms. The van der Waals surface area contributed by atoms with Crippen molar-refractivity contribution in [2.75, 3.05) is 6.54 Å². The molecule has 0 amide bonds. The fourth-order valence-electron chi connectivity index (χ4n) is 4.31. The molecule has 2 aliphatic rings. The zero-order valence-electron chi connectivity index (χ0n) is 15.0. The van der Waals surface area contributed by atoms with Crippen LogP contribution in [0.1, 0.15) is 79.6 Å². The van der Waals surface area contributed by atoms with Crippen molar-refractivity contribution >= 4 is 0 Å². The molecule has 0 aromatic carbocycles. The van der Waals surface area contributed by atoms with E-state index in [9.17, 15) is 0 Å². The molecule has 2 nitrogen and oxygen atoms in total. The van der Waals surface area contributed by atoms with Crippen LogP contribution in [0.5, 0.6) is 0 Å². The molecule has 0 aromatic heterocycles. The second kappa shape index (κ2) is 7.46. The summed E-state index contributed by atoms with van der Waals surface area (Å²) in [5.74, 6) is 1.65. The Morgan fingerprint density at radius 2 is 1.81 bits per heavy atom. The van der Waals surface area contributed by atoms with Gasteiger partial charge in [-0.15, -0.1) is 0 Å². The highest BCUT2D eigenvalue weighted by molar-refractivity contribution is 4.90. The molecule has 0 spiro atoms. The van der Waals surface area contributed by atoms with Gasteiger partial charge in [-0.25, -0.2) is 0 Å². The smallest absolute Gasteiger partial charge is 0.0734 e. The lowest BCUT2D eigenvalue weighted by molar-refractivity contribution is -0.0850. The van der Waals surface area contributed by atoms with Crippen molar-refractivity contribution in [1.29, 1.82) is 0 Å². The average Bonchev–Trinajstić information content (AvgIpc) is 2.40. The molecule has 2 heteroatoms. The molecule has 0 aliphatic heterocycles. The summed E-state index contributed by atoms with van der Waals surface area (Å²) in [4.78, 5) is 0. The van der Waals surface area contributed by atoms with Crippen molar-refractivity contribution in [2.24, 2.45) is 17.3 Å². The Kier molecular flexibility index (Phi) is 6.14. The van der Waals surface area contributed by atoms with E-state index in [1.807, 2.05) is 0 Å². The standard InChI is InChI=1S/C19H37NO/c1-6-20-17-11-10-15(19(3,4)5)13-18(17)21-16-9-7-8-14(2)12-16/h14-18,20H,6-13H2,1-5H3. The maximum atomic E-state index is 6.63. The minimum Gasteiger partial charge on any atom is -0.373 e. The van der Waals surface area contributed by atoms with Crippen LogP contribution in [0.4, 0.5) is 0 Å². The first-order valence-corrected chi connectivity index (χ1v) is 9.29. The van der Waals surface area contributed by atoms with Crippen LogP contribution >= 0.6 is 0 Å². The topological polar surface area (TPSA) is 21.3 Å². The lowest BCUT2D eigenvalue weighted by Crippen LogP contribution is -2.49. The molecule has 0 heterocycles. The summed E-state index contributed by atoms with van der Waals surface area (Å²) in [7, 11) is 0. The molecule has 2 saturated carbocycles. The van der Waals surface area contributed by atoms with Crippen LogP contribution in [0.2, 0.25) is 0 Å². The largest absolute Gasteiger partial charge is 0.373 e. The predicted octanol–water partition coefficient (Wildman–Crippen LogP) is 4.77. The minimum atomic E-state index is 0.415. The van der Waals surface area contributed by atoms with Gasteiger partial charge in [0.25, 0.3) is 0 Å². The Hall–Kier alpha value is -0.0800. The van der Waals surface area contributed by atoms with Gasteiger partial charge in [-0.2, -0.15) is 0 Å². The fraction of sp³-hybridized carbons (Fsp3) is 1.00. The monoisotopic (exact) mass is 295 g/mol. The van der Waals surface area contributed by atoms with Crippen LogP contribution in [0.3, 0.4) is 0 Å². The Labute approximate surface area is 132 Å². The second-order valence-corrected chi connectivity index (χ2v) is 8.61. The summed E-state index contributed by atoms with van der Waals surface area (Å²) in [5.41, 5.74) is 0.415. The molecule has 5 unspecified atom stereocenters. The van der Waals surface area contributed by atoms with Gasteiger partial charge < -0.3 is 10.1 Å². The predicted molar refractivity (Wildman–Crippen MR) is 90.6 cm³/mol.